The fourth-order valence-corrected chi connectivity index (χ4v) is 4.89. The van der Waals surface area contributed by atoms with Crippen LogP contribution in [0.2, 0.25) is 0 Å². The Morgan fingerprint density at radius 2 is 2.16 bits per heavy atom. The highest BCUT2D eigenvalue weighted by atomic mass is 32.1. The molecule has 0 bridgehead atoms. The Kier molecular flexibility index (Phi) is 6.78. The summed E-state index contributed by atoms with van der Waals surface area (Å²) < 4.78 is 0. The monoisotopic (exact) mass is 436 g/mol. The maximum atomic E-state index is 11.0. The van der Waals surface area contributed by atoms with Crippen molar-refractivity contribution >= 4 is 23.1 Å². The first-order chi connectivity index (χ1) is 15.1. The molecule has 2 aromatic rings. The van der Waals surface area contributed by atoms with Crippen LogP contribution in [-0.2, 0) is 0 Å². The fraction of sp³-hybridized carbons (Fsp3) is 0.435. The average Bonchev–Trinajstić information content (AvgIpc) is 3.52. The number of nitriles is 1. The largest absolute Gasteiger partial charge is 0.390 e. The van der Waals surface area contributed by atoms with Crippen LogP contribution in [0.4, 0.5) is 0 Å². The topological polar surface area (TPSA) is 122 Å². The molecule has 2 heterocycles. The van der Waals surface area contributed by atoms with Crippen molar-refractivity contribution in [3.8, 4) is 17.3 Å². The molecule has 1 aromatic carbocycles. The molecule has 1 aromatic heterocycles. The number of hydrogen-bond acceptors (Lipinski definition) is 8. The maximum Gasteiger partial charge on any atom is 0.160 e. The number of thiazole rings is 1. The lowest BCUT2D eigenvalue weighted by atomic mass is 10.1. The van der Waals surface area contributed by atoms with Crippen LogP contribution in [0.3, 0.4) is 0 Å². The van der Waals surface area contributed by atoms with Gasteiger partial charge in [0.1, 0.15) is 5.01 Å². The highest BCUT2D eigenvalue weighted by Gasteiger charge is 2.28. The van der Waals surface area contributed by atoms with Gasteiger partial charge in [0.25, 0.3) is 0 Å². The minimum Gasteiger partial charge on any atom is -0.390 e. The number of aromatic nitrogens is 1. The number of likely N-dealkylation sites (tertiary alicyclic amines) is 1. The van der Waals surface area contributed by atoms with Crippen LogP contribution in [0.5, 0.6) is 0 Å². The van der Waals surface area contributed by atoms with Crippen LogP contribution in [0.25, 0.3) is 16.8 Å². The Morgan fingerprint density at radius 1 is 1.39 bits per heavy atom. The van der Waals surface area contributed by atoms with E-state index in [2.05, 4.69) is 11.4 Å². The predicted octanol–water partition coefficient (Wildman–Crippen LogP) is 3.09. The molecule has 2 aliphatic rings. The highest BCUT2D eigenvalue weighted by Crippen LogP contribution is 2.37. The van der Waals surface area contributed by atoms with Gasteiger partial charge in [-0.2, -0.15) is 5.26 Å². The Balaban J connectivity index is 1.68. The van der Waals surface area contributed by atoms with Crippen molar-refractivity contribution in [2.75, 3.05) is 19.6 Å². The van der Waals surface area contributed by atoms with Gasteiger partial charge < -0.3 is 21.6 Å². The summed E-state index contributed by atoms with van der Waals surface area (Å²) in [6.07, 6.45) is 6.81. The number of benzene rings is 1. The number of nitrogens with two attached hydrogens (primary N) is 1. The van der Waals surface area contributed by atoms with E-state index in [0.29, 0.717) is 22.8 Å². The number of rotatable bonds is 8. The SMILES string of the molecule is N#Cc1ccc(-c2nc(C(O)N3CCC[C@@H](N)C3)sc2/C(C=N)=C/NCC2CC2)cc1. The first-order valence-electron chi connectivity index (χ1n) is 10.7. The van der Waals surface area contributed by atoms with Gasteiger partial charge in [-0.3, -0.25) is 4.90 Å². The van der Waals surface area contributed by atoms with Gasteiger partial charge in [-0.1, -0.05) is 12.1 Å². The van der Waals surface area contributed by atoms with Crippen molar-refractivity contribution in [2.45, 2.75) is 38.0 Å². The molecule has 2 fully saturated rings. The number of allylic oxidation sites excluding steroid dienone is 1. The van der Waals surface area contributed by atoms with Crippen molar-refractivity contribution in [3.05, 3.63) is 45.9 Å². The molecule has 1 aliphatic heterocycles. The standard InChI is InChI=1S/C23H28N6OS/c24-10-15-5-7-17(8-6-15)20-21(18(11-25)13-27-12-16-3-4-16)31-22(28-20)23(30)29-9-1-2-19(26)14-29/h5-8,11,13,16,19,23,25,27,30H,1-4,9,12,14,26H2/b18-13+,25-11?/t19-,23?/m1/s1. The fourth-order valence-electron chi connectivity index (χ4n) is 3.79. The van der Waals surface area contributed by atoms with E-state index in [1.807, 2.05) is 23.2 Å². The lowest BCUT2D eigenvalue weighted by Crippen LogP contribution is -2.44. The zero-order valence-corrected chi connectivity index (χ0v) is 18.2. The molecule has 2 atom stereocenters. The van der Waals surface area contributed by atoms with Crippen LogP contribution in [-0.4, -0.2) is 46.9 Å². The first kappa shape index (κ1) is 21.7. The third kappa shape index (κ3) is 5.20. The van der Waals surface area contributed by atoms with Crippen LogP contribution < -0.4 is 11.1 Å². The number of hydrogen-bond donors (Lipinski definition) is 4. The maximum absolute atomic E-state index is 11.0. The highest BCUT2D eigenvalue weighted by molar-refractivity contribution is 7.13. The van der Waals surface area contributed by atoms with E-state index in [1.165, 1.54) is 30.4 Å². The molecule has 1 aliphatic carbocycles. The Morgan fingerprint density at radius 3 is 2.81 bits per heavy atom. The van der Waals surface area contributed by atoms with Crippen molar-refractivity contribution < 1.29 is 5.11 Å². The lowest BCUT2D eigenvalue weighted by molar-refractivity contribution is -0.0144. The van der Waals surface area contributed by atoms with Gasteiger partial charge in [-0.05, 0) is 43.7 Å². The number of piperidine rings is 1. The van der Waals surface area contributed by atoms with E-state index in [9.17, 15) is 5.11 Å². The number of aliphatic hydroxyl groups excluding tert-OH is 1. The third-order valence-electron chi connectivity index (χ3n) is 5.77. The molecule has 1 saturated carbocycles. The molecular weight excluding hydrogens is 408 g/mol. The number of nitrogens with zero attached hydrogens (tertiary/aromatic N) is 3. The van der Waals surface area contributed by atoms with Crippen LogP contribution >= 0.6 is 11.3 Å². The molecule has 162 valence electrons. The van der Waals surface area contributed by atoms with E-state index >= 15 is 0 Å². The Bertz CT molecular complexity index is 988. The molecule has 7 nitrogen and oxygen atoms in total. The summed E-state index contributed by atoms with van der Waals surface area (Å²) in [5, 5.41) is 32.0. The zero-order chi connectivity index (χ0) is 21.8. The minimum absolute atomic E-state index is 0.0597. The average molecular weight is 437 g/mol. The van der Waals surface area contributed by atoms with E-state index in [4.69, 9.17) is 21.4 Å². The minimum atomic E-state index is -0.825. The van der Waals surface area contributed by atoms with Crippen molar-refractivity contribution in [3.63, 3.8) is 0 Å². The summed E-state index contributed by atoms with van der Waals surface area (Å²) in [5.74, 6) is 0.725. The smallest absolute Gasteiger partial charge is 0.160 e. The summed E-state index contributed by atoms with van der Waals surface area (Å²) in [7, 11) is 0. The number of nitrogens with one attached hydrogen (secondary N) is 2. The van der Waals surface area contributed by atoms with Gasteiger partial charge in [-0.25, -0.2) is 4.98 Å². The van der Waals surface area contributed by atoms with Gasteiger partial charge in [0.15, 0.2) is 6.23 Å². The van der Waals surface area contributed by atoms with Crippen molar-refractivity contribution in [1.29, 1.82) is 10.7 Å². The van der Waals surface area contributed by atoms with Crippen LogP contribution in [0, 0.1) is 22.7 Å². The first-order valence-corrected chi connectivity index (χ1v) is 11.5. The molecule has 0 radical (unpaired) electrons. The van der Waals surface area contributed by atoms with Crippen LogP contribution in [0.15, 0.2) is 30.5 Å². The normalized spacial score (nSPS) is 20.8. The molecule has 8 heteroatoms. The Labute approximate surface area is 186 Å². The summed E-state index contributed by atoms with van der Waals surface area (Å²) in [6, 6.07) is 9.45. The third-order valence-corrected chi connectivity index (χ3v) is 6.91. The summed E-state index contributed by atoms with van der Waals surface area (Å²) in [5.41, 5.74) is 8.99. The second kappa shape index (κ2) is 9.71. The molecular formula is C23H28N6OS. The molecule has 5 N–H and O–H groups in total. The predicted molar refractivity (Wildman–Crippen MR) is 123 cm³/mol. The number of aliphatic hydroxyl groups is 1. The quantitative estimate of drug-likeness (QED) is 0.472. The van der Waals surface area contributed by atoms with Crippen molar-refractivity contribution in [1.82, 2.24) is 15.2 Å². The summed E-state index contributed by atoms with van der Waals surface area (Å²) in [4.78, 5) is 7.59. The Hall–Kier alpha value is -2.57. The van der Waals surface area contributed by atoms with E-state index in [-0.39, 0.29) is 6.04 Å². The zero-order valence-electron chi connectivity index (χ0n) is 17.4. The molecule has 31 heavy (non-hydrogen) atoms. The van der Waals surface area contributed by atoms with Crippen LogP contribution in [0.1, 0.15) is 47.4 Å². The molecule has 1 unspecified atom stereocenters. The van der Waals surface area contributed by atoms with Gasteiger partial charge in [-0.15, -0.1) is 11.3 Å². The van der Waals surface area contributed by atoms with Crippen molar-refractivity contribution in [2.24, 2.45) is 11.7 Å². The molecule has 0 spiro atoms. The molecule has 1 saturated heterocycles. The van der Waals surface area contributed by atoms with E-state index in [0.717, 1.165) is 47.9 Å². The van der Waals surface area contributed by atoms with Gasteiger partial charge >= 0.3 is 0 Å². The molecule has 0 amide bonds. The van der Waals surface area contributed by atoms with E-state index < -0.39 is 6.23 Å². The van der Waals surface area contributed by atoms with Gasteiger partial charge in [0, 0.05) is 49.2 Å². The van der Waals surface area contributed by atoms with E-state index in [1.54, 1.807) is 12.1 Å². The summed E-state index contributed by atoms with van der Waals surface area (Å²) in [6.45, 7) is 2.33. The van der Waals surface area contributed by atoms with Gasteiger partial charge in [0.05, 0.1) is 22.2 Å². The molecule has 4 rings (SSSR count). The van der Waals surface area contributed by atoms with Gasteiger partial charge in [0.2, 0.25) is 0 Å². The second-order valence-corrected chi connectivity index (χ2v) is 9.32. The second-order valence-electron chi connectivity index (χ2n) is 8.29. The summed E-state index contributed by atoms with van der Waals surface area (Å²) >= 11 is 1.41. The lowest BCUT2D eigenvalue weighted by Gasteiger charge is -2.33.